The van der Waals surface area contributed by atoms with E-state index in [9.17, 15) is 13.5 Å². The van der Waals surface area contributed by atoms with E-state index in [1.807, 2.05) is 12.1 Å². The molecule has 0 fully saturated rings. The average Bonchev–Trinajstić information content (AvgIpc) is 2.67. The lowest BCUT2D eigenvalue weighted by Gasteiger charge is -2.34. The van der Waals surface area contributed by atoms with E-state index >= 15 is 0 Å². The Hall–Kier alpha value is -2.09. The van der Waals surface area contributed by atoms with E-state index in [0.29, 0.717) is 18.8 Å². The van der Waals surface area contributed by atoms with Crippen molar-refractivity contribution >= 4 is 10.0 Å². The molecule has 0 aliphatic heterocycles. The number of sulfonamides is 1. The first-order valence-corrected chi connectivity index (χ1v) is 10.5. The van der Waals surface area contributed by atoms with Crippen LogP contribution >= 0.6 is 0 Å². The highest BCUT2D eigenvalue weighted by Crippen LogP contribution is 2.37. The highest BCUT2D eigenvalue weighted by Gasteiger charge is 2.36. The molecular weight excluding hydrogens is 366 g/mol. The van der Waals surface area contributed by atoms with Gasteiger partial charge in [-0.05, 0) is 61.6 Å². The Morgan fingerprint density at radius 1 is 1.22 bits per heavy atom. The predicted molar refractivity (Wildman–Crippen MR) is 103 cm³/mol. The minimum absolute atomic E-state index is 0.0706. The summed E-state index contributed by atoms with van der Waals surface area (Å²) in [7, 11) is -2.23. The maximum Gasteiger partial charge on any atom is 0.244 e. The van der Waals surface area contributed by atoms with Crippen LogP contribution in [0, 0.1) is 0 Å². The SMILES string of the molecule is CCOc1ccccc1S(=O)(=O)NCC1(O)CCCc2cc(OC)ccc21. The van der Waals surface area contributed by atoms with Crippen LogP contribution in [0.3, 0.4) is 0 Å². The van der Waals surface area contributed by atoms with Crippen LogP contribution in [0.2, 0.25) is 0 Å². The van der Waals surface area contributed by atoms with Crippen molar-refractivity contribution in [3.63, 3.8) is 0 Å². The van der Waals surface area contributed by atoms with E-state index in [4.69, 9.17) is 9.47 Å². The van der Waals surface area contributed by atoms with Crippen molar-refractivity contribution in [2.45, 2.75) is 36.7 Å². The van der Waals surface area contributed by atoms with Crippen molar-refractivity contribution in [1.82, 2.24) is 4.72 Å². The largest absolute Gasteiger partial charge is 0.497 e. The van der Waals surface area contributed by atoms with Crippen LogP contribution in [0.5, 0.6) is 11.5 Å². The monoisotopic (exact) mass is 391 g/mol. The van der Waals surface area contributed by atoms with E-state index in [-0.39, 0.29) is 11.4 Å². The van der Waals surface area contributed by atoms with Crippen molar-refractivity contribution in [3.05, 3.63) is 53.6 Å². The number of aryl methyl sites for hydroxylation is 1. The van der Waals surface area contributed by atoms with Crippen LogP contribution in [-0.2, 0) is 22.0 Å². The molecule has 2 aromatic rings. The zero-order valence-electron chi connectivity index (χ0n) is 15.6. The fourth-order valence-electron chi connectivity index (χ4n) is 3.49. The Balaban J connectivity index is 1.85. The quantitative estimate of drug-likeness (QED) is 0.758. The molecular formula is C20H25NO5S. The third-order valence-electron chi connectivity index (χ3n) is 4.84. The number of aliphatic hydroxyl groups is 1. The van der Waals surface area contributed by atoms with Gasteiger partial charge in [-0.2, -0.15) is 0 Å². The van der Waals surface area contributed by atoms with Crippen molar-refractivity contribution in [2.24, 2.45) is 0 Å². The van der Waals surface area contributed by atoms with Crippen LogP contribution in [-0.4, -0.2) is 33.8 Å². The first kappa shape index (κ1) is 19.7. The number of para-hydroxylation sites is 1. The van der Waals surface area contributed by atoms with Crippen LogP contribution in [0.4, 0.5) is 0 Å². The summed E-state index contributed by atoms with van der Waals surface area (Å²) >= 11 is 0. The Morgan fingerprint density at radius 2 is 2.00 bits per heavy atom. The second kappa shape index (κ2) is 7.88. The second-order valence-electron chi connectivity index (χ2n) is 6.61. The van der Waals surface area contributed by atoms with Gasteiger partial charge in [-0.15, -0.1) is 0 Å². The molecule has 2 aromatic carbocycles. The number of rotatable bonds is 7. The Kier molecular flexibility index (Phi) is 5.74. The maximum atomic E-state index is 12.8. The molecule has 1 aliphatic carbocycles. The van der Waals surface area contributed by atoms with Gasteiger partial charge in [-0.1, -0.05) is 18.2 Å². The minimum atomic E-state index is -3.83. The summed E-state index contributed by atoms with van der Waals surface area (Å²) in [5.41, 5.74) is 0.473. The van der Waals surface area contributed by atoms with Gasteiger partial charge in [0.2, 0.25) is 10.0 Å². The molecule has 7 heteroatoms. The lowest BCUT2D eigenvalue weighted by molar-refractivity contribution is 0.0242. The zero-order chi connectivity index (χ0) is 19.5. The molecule has 0 saturated carbocycles. The molecule has 1 unspecified atom stereocenters. The van der Waals surface area contributed by atoms with Crippen molar-refractivity contribution < 1.29 is 23.0 Å². The lowest BCUT2D eigenvalue weighted by Crippen LogP contribution is -2.43. The predicted octanol–water partition coefficient (Wildman–Crippen LogP) is 2.60. The first-order valence-electron chi connectivity index (χ1n) is 9.01. The Morgan fingerprint density at radius 3 is 2.74 bits per heavy atom. The van der Waals surface area contributed by atoms with Crippen LogP contribution < -0.4 is 14.2 Å². The third kappa shape index (κ3) is 4.10. The van der Waals surface area contributed by atoms with Crippen LogP contribution in [0.1, 0.15) is 30.9 Å². The topological polar surface area (TPSA) is 84.9 Å². The van der Waals surface area contributed by atoms with Crippen LogP contribution in [0.25, 0.3) is 0 Å². The summed E-state index contributed by atoms with van der Waals surface area (Å²) in [5, 5.41) is 11.2. The van der Waals surface area contributed by atoms with E-state index in [0.717, 1.165) is 29.7 Å². The van der Waals surface area contributed by atoms with Gasteiger partial charge < -0.3 is 14.6 Å². The molecule has 1 aliphatic rings. The molecule has 2 N–H and O–H groups in total. The smallest absolute Gasteiger partial charge is 0.244 e. The van der Waals surface area contributed by atoms with Gasteiger partial charge in [0.25, 0.3) is 0 Å². The first-order chi connectivity index (χ1) is 12.9. The van der Waals surface area contributed by atoms with Crippen molar-refractivity contribution in [2.75, 3.05) is 20.3 Å². The number of benzene rings is 2. The molecule has 0 heterocycles. The van der Waals surface area contributed by atoms with Crippen LogP contribution in [0.15, 0.2) is 47.4 Å². The molecule has 0 amide bonds. The second-order valence-corrected chi connectivity index (χ2v) is 8.35. The molecule has 146 valence electrons. The zero-order valence-corrected chi connectivity index (χ0v) is 16.4. The molecule has 0 aromatic heterocycles. The summed E-state index contributed by atoms with van der Waals surface area (Å²) in [6.45, 7) is 2.06. The van der Waals surface area contributed by atoms with E-state index in [1.165, 1.54) is 6.07 Å². The summed E-state index contributed by atoms with van der Waals surface area (Å²) in [6.07, 6.45) is 2.09. The molecule has 0 saturated heterocycles. The number of hydrogen-bond donors (Lipinski definition) is 2. The van der Waals surface area contributed by atoms with Gasteiger partial charge >= 0.3 is 0 Å². The van der Waals surface area contributed by atoms with E-state index < -0.39 is 15.6 Å². The van der Waals surface area contributed by atoms with Crippen molar-refractivity contribution in [1.29, 1.82) is 0 Å². The third-order valence-corrected chi connectivity index (χ3v) is 6.28. The lowest BCUT2D eigenvalue weighted by atomic mass is 9.79. The van der Waals surface area contributed by atoms with Gasteiger partial charge in [0.05, 0.1) is 13.7 Å². The summed E-state index contributed by atoms with van der Waals surface area (Å²) in [4.78, 5) is 0.0706. The summed E-state index contributed by atoms with van der Waals surface area (Å²) < 4.78 is 38.8. The number of nitrogens with one attached hydrogen (secondary N) is 1. The highest BCUT2D eigenvalue weighted by atomic mass is 32.2. The normalized spacial score (nSPS) is 19.4. The Bertz CT molecular complexity index is 912. The molecule has 6 nitrogen and oxygen atoms in total. The fourth-order valence-corrected chi connectivity index (χ4v) is 4.72. The van der Waals surface area contributed by atoms with Gasteiger partial charge in [-0.25, -0.2) is 13.1 Å². The summed E-state index contributed by atoms with van der Waals surface area (Å²) in [6, 6.07) is 12.0. The van der Waals surface area contributed by atoms with Crippen molar-refractivity contribution in [3.8, 4) is 11.5 Å². The number of methoxy groups -OCH3 is 1. The number of ether oxygens (including phenoxy) is 2. The molecule has 1 atom stereocenters. The molecule has 0 bridgehead atoms. The minimum Gasteiger partial charge on any atom is -0.497 e. The maximum absolute atomic E-state index is 12.8. The average molecular weight is 391 g/mol. The molecule has 0 spiro atoms. The standard InChI is InChI=1S/C20H25NO5S/c1-3-26-18-8-4-5-9-19(18)27(23,24)21-14-20(22)12-6-7-15-13-16(25-2)10-11-17(15)20/h4-5,8-11,13,21-22H,3,6-7,12,14H2,1-2H3. The van der Waals surface area contributed by atoms with E-state index in [2.05, 4.69) is 4.72 Å². The fraction of sp³-hybridized carbons (Fsp3) is 0.400. The highest BCUT2D eigenvalue weighted by molar-refractivity contribution is 7.89. The molecule has 3 rings (SSSR count). The van der Waals surface area contributed by atoms with Gasteiger partial charge in [0.1, 0.15) is 22.0 Å². The van der Waals surface area contributed by atoms with Gasteiger partial charge in [0, 0.05) is 6.54 Å². The van der Waals surface area contributed by atoms with Gasteiger partial charge in [0.15, 0.2) is 0 Å². The van der Waals surface area contributed by atoms with Gasteiger partial charge in [-0.3, -0.25) is 0 Å². The number of hydrogen-bond acceptors (Lipinski definition) is 5. The summed E-state index contributed by atoms with van der Waals surface area (Å²) in [5.74, 6) is 1.03. The van der Waals surface area contributed by atoms with E-state index in [1.54, 1.807) is 38.3 Å². The molecule has 27 heavy (non-hydrogen) atoms. The number of fused-ring (bicyclic) bond motifs is 1. The molecule has 0 radical (unpaired) electrons. The Labute approximate surface area is 160 Å².